The number of rotatable bonds is 3. The Kier molecular flexibility index (Phi) is 3.96. The van der Waals surface area contributed by atoms with E-state index in [1.165, 1.54) is 24.3 Å². The van der Waals surface area contributed by atoms with Crippen molar-refractivity contribution in [2.45, 2.75) is 17.4 Å². The normalized spacial score (nSPS) is 20.3. The van der Waals surface area contributed by atoms with Crippen molar-refractivity contribution in [3.05, 3.63) is 35.6 Å². The van der Waals surface area contributed by atoms with Gasteiger partial charge in [0, 0.05) is 6.42 Å². The van der Waals surface area contributed by atoms with Crippen molar-refractivity contribution < 1.29 is 23.5 Å². The zero-order valence-corrected chi connectivity index (χ0v) is 10.9. The highest BCUT2D eigenvalue weighted by Crippen LogP contribution is 2.26. The van der Waals surface area contributed by atoms with Gasteiger partial charge in [0.1, 0.15) is 10.6 Å². The zero-order valence-electron chi connectivity index (χ0n) is 9.27. The van der Waals surface area contributed by atoms with Crippen molar-refractivity contribution in [1.82, 2.24) is 0 Å². The summed E-state index contributed by atoms with van der Waals surface area (Å²) in [4.78, 5) is 22.2. The second-order valence-corrected chi connectivity index (χ2v) is 4.71. The zero-order chi connectivity index (χ0) is 13.1. The molecule has 18 heavy (non-hydrogen) atoms. The Morgan fingerprint density at radius 3 is 2.67 bits per heavy atom. The van der Waals surface area contributed by atoms with Crippen LogP contribution >= 0.6 is 15.9 Å². The number of carbonyl (C=O) groups excluding carboxylic acids is 2. The molecule has 1 fully saturated rings. The fourth-order valence-corrected chi connectivity index (χ4v) is 1.97. The van der Waals surface area contributed by atoms with E-state index in [1.807, 2.05) is 0 Å². The van der Waals surface area contributed by atoms with Crippen LogP contribution in [-0.4, -0.2) is 24.6 Å². The molecule has 0 amide bonds. The summed E-state index contributed by atoms with van der Waals surface area (Å²) in [5.74, 6) is -1.50. The van der Waals surface area contributed by atoms with Gasteiger partial charge < -0.3 is 9.47 Å². The summed E-state index contributed by atoms with van der Waals surface area (Å²) in [6.07, 6.45) is -0.466. The number of alkyl halides is 1. The molecule has 0 spiro atoms. The maximum atomic E-state index is 12.7. The third-order valence-electron chi connectivity index (χ3n) is 2.52. The quantitative estimate of drug-likeness (QED) is 0.633. The third-order valence-corrected chi connectivity index (χ3v) is 3.42. The largest absolute Gasteiger partial charge is 0.463 e. The molecule has 1 aliphatic rings. The summed E-state index contributed by atoms with van der Waals surface area (Å²) in [6.45, 7) is 0.264. The van der Waals surface area contributed by atoms with E-state index in [1.54, 1.807) is 0 Å². The van der Waals surface area contributed by atoms with Crippen molar-refractivity contribution in [3.63, 3.8) is 0 Å². The van der Waals surface area contributed by atoms with E-state index in [2.05, 4.69) is 20.7 Å². The highest BCUT2D eigenvalue weighted by atomic mass is 79.9. The predicted octanol–water partition coefficient (Wildman–Crippen LogP) is 2.12. The number of cyclic esters (lactones) is 1. The molecule has 2 rings (SSSR count). The maximum absolute atomic E-state index is 12.7. The van der Waals surface area contributed by atoms with Crippen molar-refractivity contribution in [3.8, 4) is 0 Å². The van der Waals surface area contributed by atoms with Gasteiger partial charge in [-0.1, -0.05) is 28.1 Å². The average Bonchev–Trinajstić information content (AvgIpc) is 2.75. The summed E-state index contributed by atoms with van der Waals surface area (Å²) in [5.41, 5.74) is 0.563. The summed E-state index contributed by atoms with van der Waals surface area (Å²) in [7, 11) is 0. The van der Waals surface area contributed by atoms with Crippen molar-refractivity contribution in [1.29, 1.82) is 0 Å². The van der Waals surface area contributed by atoms with Crippen LogP contribution in [-0.2, 0) is 19.1 Å². The van der Waals surface area contributed by atoms with Gasteiger partial charge in [-0.15, -0.1) is 0 Å². The van der Waals surface area contributed by atoms with E-state index in [4.69, 9.17) is 4.74 Å². The van der Waals surface area contributed by atoms with Gasteiger partial charge in [0.2, 0.25) is 6.10 Å². The van der Waals surface area contributed by atoms with Crippen LogP contribution in [0.4, 0.5) is 4.39 Å². The van der Waals surface area contributed by atoms with Crippen LogP contribution in [0.1, 0.15) is 16.8 Å². The highest BCUT2D eigenvalue weighted by molar-refractivity contribution is 9.09. The van der Waals surface area contributed by atoms with Gasteiger partial charge in [0.25, 0.3) is 0 Å². The van der Waals surface area contributed by atoms with Gasteiger partial charge >= 0.3 is 11.9 Å². The molecule has 0 N–H and O–H groups in total. The van der Waals surface area contributed by atoms with Crippen LogP contribution in [0.25, 0.3) is 0 Å². The molecule has 2 atom stereocenters. The van der Waals surface area contributed by atoms with Crippen molar-refractivity contribution in [2.24, 2.45) is 0 Å². The molecule has 0 aliphatic carbocycles. The highest BCUT2D eigenvalue weighted by Gasteiger charge is 2.32. The Labute approximate surface area is 111 Å². The Balaban J connectivity index is 2.00. The molecule has 0 saturated carbocycles. The number of benzene rings is 1. The Bertz CT molecular complexity index is 460. The van der Waals surface area contributed by atoms with E-state index in [0.29, 0.717) is 12.0 Å². The predicted molar refractivity (Wildman–Crippen MR) is 63.5 cm³/mol. The molecule has 0 aromatic heterocycles. The van der Waals surface area contributed by atoms with Gasteiger partial charge in [-0.05, 0) is 17.7 Å². The summed E-state index contributed by atoms with van der Waals surface area (Å²) in [6, 6.07) is 5.45. The monoisotopic (exact) mass is 316 g/mol. The van der Waals surface area contributed by atoms with Gasteiger partial charge in [0.15, 0.2) is 0 Å². The van der Waals surface area contributed by atoms with E-state index >= 15 is 0 Å². The lowest BCUT2D eigenvalue weighted by molar-refractivity contribution is -0.159. The van der Waals surface area contributed by atoms with Crippen LogP contribution < -0.4 is 0 Å². The molecule has 1 aromatic rings. The van der Waals surface area contributed by atoms with E-state index in [-0.39, 0.29) is 12.4 Å². The Morgan fingerprint density at radius 2 is 2.11 bits per heavy atom. The summed E-state index contributed by atoms with van der Waals surface area (Å²) >= 11 is 3.15. The molecule has 1 aliphatic heterocycles. The van der Waals surface area contributed by atoms with Crippen LogP contribution in [0.2, 0.25) is 0 Å². The lowest BCUT2D eigenvalue weighted by Crippen LogP contribution is -2.24. The molecule has 0 bridgehead atoms. The molecule has 1 unspecified atom stereocenters. The molecule has 96 valence electrons. The standard InChI is InChI=1S/C12H10BrFO4/c13-10(7-1-3-8(14)4-2-7)12(16)18-9-5-6-17-11(9)15/h1-4,9-10H,5-6H2/t9-,10?/m0/s1. The van der Waals surface area contributed by atoms with E-state index < -0.39 is 22.9 Å². The molecule has 6 heteroatoms. The number of carbonyl (C=O) groups is 2. The molecular formula is C12H10BrFO4. The van der Waals surface area contributed by atoms with Gasteiger partial charge in [0.05, 0.1) is 6.61 Å². The fraction of sp³-hybridized carbons (Fsp3) is 0.333. The topological polar surface area (TPSA) is 52.6 Å². The van der Waals surface area contributed by atoms with Crippen molar-refractivity contribution in [2.75, 3.05) is 6.61 Å². The summed E-state index contributed by atoms with van der Waals surface area (Å²) < 4.78 is 22.4. The number of halogens is 2. The van der Waals surface area contributed by atoms with E-state index in [0.717, 1.165) is 0 Å². The average molecular weight is 317 g/mol. The molecular weight excluding hydrogens is 307 g/mol. The third kappa shape index (κ3) is 2.87. The SMILES string of the molecule is O=C(O[C@H]1CCOC1=O)C(Br)c1ccc(F)cc1. The first kappa shape index (κ1) is 13.0. The smallest absolute Gasteiger partial charge is 0.347 e. The minimum atomic E-state index is -0.835. The van der Waals surface area contributed by atoms with Crippen LogP contribution in [0.5, 0.6) is 0 Å². The Morgan fingerprint density at radius 1 is 1.44 bits per heavy atom. The minimum absolute atomic E-state index is 0.264. The second kappa shape index (κ2) is 5.48. The molecule has 1 saturated heterocycles. The molecule has 4 nitrogen and oxygen atoms in total. The van der Waals surface area contributed by atoms with E-state index in [9.17, 15) is 14.0 Å². The van der Waals surface area contributed by atoms with Crippen LogP contribution in [0, 0.1) is 5.82 Å². The lowest BCUT2D eigenvalue weighted by Gasteiger charge is -2.12. The van der Waals surface area contributed by atoms with Gasteiger partial charge in [-0.25, -0.2) is 9.18 Å². The molecule has 1 aromatic carbocycles. The van der Waals surface area contributed by atoms with Gasteiger partial charge in [-0.3, -0.25) is 4.79 Å². The van der Waals surface area contributed by atoms with Crippen molar-refractivity contribution >= 4 is 27.9 Å². The number of hydrogen-bond donors (Lipinski definition) is 0. The maximum Gasteiger partial charge on any atom is 0.347 e. The van der Waals surface area contributed by atoms with Crippen LogP contribution in [0.15, 0.2) is 24.3 Å². The lowest BCUT2D eigenvalue weighted by atomic mass is 10.1. The number of hydrogen-bond acceptors (Lipinski definition) is 4. The first-order valence-electron chi connectivity index (χ1n) is 5.34. The Hall–Kier alpha value is -1.43. The number of esters is 2. The summed E-state index contributed by atoms with van der Waals surface area (Å²) in [5, 5.41) is 0. The molecule has 1 heterocycles. The van der Waals surface area contributed by atoms with Crippen LogP contribution in [0.3, 0.4) is 0 Å². The fourth-order valence-electron chi connectivity index (χ4n) is 1.55. The second-order valence-electron chi connectivity index (χ2n) is 3.80. The minimum Gasteiger partial charge on any atom is -0.463 e. The molecule has 0 radical (unpaired) electrons. The first-order valence-corrected chi connectivity index (χ1v) is 6.26. The number of ether oxygens (including phenoxy) is 2. The van der Waals surface area contributed by atoms with Gasteiger partial charge in [-0.2, -0.15) is 0 Å². The first-order chi connectivity index (χ1) is 8.58.